The van der Waals surface area contributed by atoms with Gasteiger partial charge in [0.15, 0.2) is 0 Å². The van der Waals surface area contributed by atoms with Crippen LogP contribution in [0.1, 0.15) is 67.7 Å². The van der Waals surface area contributed by atoms with Crippen molar-refractivity contribution in [2.24, 2.45) is 17.3 Å². The smallest absolute Gasteiger partial charge is 0.309 e. The molecule has 2 rings (SSSR count). The quantitative estimate of drug-likeness (QED) is 0.672. The lowest BCUT2D eigenvalue weighted by Crippen LogP contribution is -2.57. The van der Waals surface area contributed by atoms with Gasteiger partial charge in [0.25, 0.3) is 5.91 Å². The standard InChI is InChI=1S/C21H39N3O2/c1-16(2)8-11-24-19(26)23(14-17(3)4)18(25)21(24)9-12-22(13-10-21)15-20(5,6)7/h16-17H,8-15H2,1-7H3. The van der Waals surface area contributed by atoms with Crippen LogP contribution in [0.2, 0.25) is 0 Å². The summed E-state index contributed by atoms with van der Waals surface area (Å²) >= 11 is 0. The van der Waals surface area contributed by atoms with Gasteiger partial charge in [-0.25, -0.2) is 4.79 Å². The Hall–Kier alpha value is -1.10. The first kappa shape index (κ1) is 21.2. The monoisotopic (exact) mass is 365 g/mol. The average molecular weight is 366 g/mol. The molecule has 2 aliphatic rings. The van der Waals surface area contributed by atoms with Gasteiger partial charge in [-0.15, -0.1) is 0 Å². The summed E-state index contributed by atoms with van der Waals surface area (Å²) in [6.07, 6.45) is 2.47. The van der Waals surface area contributed by atoms with Crippen molar-refractivity contribution in [2.75, 3.05) is 32.7 Å². The SMILES string of the molecule is CC(C)CCN1C(=O)N(CC(C)C)C(=O)C12CCN(CC(C)(C)C)CC2. The number of hydrogen-bond donors (Lipinski definition) is 0. The van der Waals surface area contributed by atoms with Crippen LogP contribution < -0.4 is 0 Å². The highest BCUT2D eigenvalue weighted by molar-refractivity contribution is 6.07. The zero-order valence-electron chi connectivity index (χ0n) is 18.0. The van der Waals surface area contributed by atoms with Gasteiger partial charge >= 0.3 is 6.03 Å². The Bertz CT molecular complexity index is 514. The van der Waals surface area contributed by atoms with Crippen LogP contribution in [-0.2, 0) is 4.79 Å². The molecule has 0 radical (unpaired) electrons. The molecule has 0 aromatic heterocycles. The molecule has 2 saturated heterocycles. The fraction of sp³-hybridized carbons (Fsp3) is 0.905. The minimum atomic E-state index is -0.602. The van der Waals surface area contributed by atoms with E-state index in [2.05, 4.69) is 53.4 Å². The fourth-order valence-electron chi connectivity index (χ4n) is 4.24. The van der Waals surface area contributed by atoms with Crippen LogP contribution in [0, 0.1) is 17.3 Å². The van der Waals surface area contributed by atoms with Crippen molar-refractivity contribution in [1.82, 2.24) is 14.7 Å². The van der Waals surface area contributed by atoms with E-state index in [4.69, 9.17) is 0 Å². The van der Waals surface area contributed by atoms with Gasteiger partial charge in [-0.2, -0.15) is 0 Å². The third kappa shape index (κ3) is 4.59. The summed E-state index contributed by atoms with van der Waals surface area (Å²) in [6.45, 7) is 19.3. The first-order valence-corrected chi connectivity index (χ1v) is 10.3. The minimum Gasteiger partial charge on any atom is -0.309 e. The topological polar surface area (TPSA) is 43.9 Å². The second-order valence-electron chi connectivity index (χ2n) is 10.3. The van der Waals surface area contributed by atoms with Gasteiger partial charge in [-0.1, -0.05) is 48.5 Å². The number of nitrogens with zero attached hydrogens (tertiary/aromatic N) is 3. The molecule has 5 heteroatoms. The summed E-state index contributed by atoms with van der Waals surface area (Å²) < 4.78 is 0. The number of likely N-dealkylation sites (tertiary alicyclic amines) is 1. The lowest BCUT2D eigenvalue weighted by Gasteiger charge is -2.43. The fourth-order valence-corrected chi connectivity index (χ4v) is 4.24. The van der Waals surface area contributed by atoms with E-state index in [1.165, 1.54) is 4.90 Å². The maximum atomic E-state index is 13.3. The van der Waals surface area contributed by atoms with E-state index in [1.807, 2.05) is 4.90 Å². The highest BCUT2D eigenvalue weighted by Crippen LogP contribution is 2.38. The van der Waals surface area contributed by atoms with Crippen molar-refractivity contribution in [1.29, 1.82) is 0 Å². The predicted molar refractivity (Wildman–Crippen MR) is 106 cm³/mol. The molecule has 2 fully saturated rings. The maximum Gasteiger partial charge on any atom is 0.327 e. The lowest BCUT2D eigenvalue weighted by atomic mass is 9.84. The van der Waals surface area contributed by atoms with Crippen molar-refractivity contribution in [3.63, 3.8) is 0 Å². The van der Waals surface area contributed by atoms with Crippen molar-refractivity contribution < 1.29 is 9.59 Å². The van der Waals surface area contributed by atoms with Crippen molar-refractivity contribution in [2.45, 2.75) is 73.3 Å². The molecule has 0 N–H and O–H groups in total. The van der Waals surface area contributed by atoms with Crippen LogP contribution in [0.4, 0.5) is 4.79 Å². The van der Waals surface area contributed by atoms with Crippen LogP contribution in [0.25, 0.3) is 0 Å². The zero-order valence-corrected chi connectivity index (χ0v) is 18.0. The molecule has 0 aromatic rings. The highest BCUT2D eigenvalue weighted by atomic mass is 16.2. The minimum absolute atomic E-state index is 0.0513. The number of urea groups is 1. The summed E-state index contributed by atoms with van der Waals surface area (Å²) in [7, 11) is 0. The number of imide groups is 1. The number of amides is 3. The van der Waals surface area contributed by atoms with E-state index in [-0.39, 0.29) is 17.4 Å². The van der Waals surface area contributed by atoms with Crippen LogP contribution in [0.3, 0.4) is 0 Å². The lowest BCUT2D eigenvalue weighted by molar-refractivity contribution is -0.136. The molecule has 0 unspecified atom stereocenters. The third-order valence-electron chi connectivity index (χ3n) is 5.48. The molecule has 0 aliphatic carbocycles. The maximum absolute atomic E-state index is 13.3. The first-order chi connectivity index (χ1) is 12.0. The second-order valence-corrected chi connectivity index (χ2v) is 10.3. The van der Waals surface area contributed by atoms with E-state index >= 15 is 0 Å². The molecule has 3 amide bonds. The number of carbonyl (C=O) groups excluding carboxylic acids is 2. The molecular weight excluding hydrogens is 326 g/mol. The Morgan fingerprint density at radius 3 is 2.04 bits per heavy atom. The van der Waals surface area contributed by atoms with E-state index in [9.17, 15) is 9.59 Å². The first-order valence-electron chi connectivity index (χ1n) is 10.3. The molecule has 2 heterocycles. The average Bonchev–Trinajstić information content (AvgIpc) is 2.68. The summed E-state index contributed by atoms with van der Waals surface area (Å²) in [5.41, 5.74) is -0.351. The largest absolute Gasteiger partial charge is 0.327 e. The summed E-state index contributed by atoms with van der Waals surface area (Å²) in [4.78, 5) is 32.3. The van der Waals surface area contributed by atoms with Crippen LogP contribution in [0.5, 0.6) is 0 Å². The molecule has 5 nitrogen and oxygen atoms in total. The Balaban J connectivity index is 2.19. The number of piperidine rings is 1. The van der Waals surface area contributed by atoms with Crippen LogP contribution >= 0.6 is 0 Å². The van der Waals surface area contributed by atoms with Gasteiger partial charge in [-0.05, 0) is 36.5 Å². The highest BCUT2D eigenvalue weighted by Gasteiger charge is 2.57. The Morgan fingerprint density at radius 1 is 1.00 bits per heavy atom. The van der Waals surface area contributed by atoms with Crippen LogP contribution in [0.15, 0.2) is 0 Å². The molecular formula is C21H39N3O2. The molecule has 26 heavy (non-hydrogen) atoms. The zero-order chi connectivity index (χ0) is 19.7. The summed E-state index contributed by atoms with van der Waals surface area (Å²) in [5.74, 6) is 0.872. The van der Waals surface area contributed by atoms with E-state index < -0.39 is 5.54 Å². The summed E-state index contributed by atoms with van der Waals surface area (Å²) in [6, 6.07) is -0.0615. The van der Waals surface area contributed by atoms with Gasteiger partial charge in [0.2, 0.25) is 0 Å². The molecule has 1 spiro atoms. The molecule has 0 atom stereocenters. The molecule has 0 bridgehead atoms. The van der Waals surface area contributed by atoms with Gasteiger partial charge in [-0.3, -0.25) is 9.69 Å². The van der Waals surface area contributed by atoms with Gasteiger partial charge < -0.3 is 9.80 Å². The van der Waals surface area contributed by atoms with Crippen molar-refractivity contribution >= 4 is 11.9 Å². The molecule has 0 aromatic carbocycles. The van der Waals surface area contributed by atoms with E-state index in [0.717, 1.165) is 38.9 Å². The predicted octanol–water partition coefficient (Wildman–Crippen LogP) is 3.83. The summed E-state index contributed by atoms with van der Waals surface area (Å²) in [5, 5.41) is 0. The Kier molecular flexibility index (Phi) is 6.42. The normalized spacial score (nSPS) is 21.7. The van der Waals surface area contributed by atoms with E-state index in [1.54, 1.807) is 0 Å². The number of carbonyl (C=O) groups is 2. The third-order valence-corrected chi connectivity index (χ3v) is 5.48. The molecule has 150 valence electrons. The van der Waals surface area contributed by atoms with Crippen LogP contribution in [-0.4, -0.2) is 64.9 Å². The van der Waals surface area contributed by atoms with Crippen molar-refractivity contribution in [3.05, 3.63) is 0 Å². The molecule has 2 aliphatic heterocycles. The number of hydrogen-bond acceptors (Lipinski definition) is 3. The Morgan fingerprint density at radius 2 is 1.58 bits per heavy atom. The van der Waals surface area contributed by atoms with Gasteiger partial charge in [0.05, 0.1) is 0 Å². The number of rotatable bonds is 6. The molecule has 0 saturated carbocycles. The van der Waals surface area contributed by atoms with E-state index in [0.29, 0.717) is 24.9 Å². The van der Waals surface area contributed by atoms with Gasteiger partial charge in [0.1, 0.15) is 5.54 Å². The van der Waals surface area contributed by atoms with Gasteiger partial charge in [0, 0.05) is 32.7 Å². The second kappa shape index (κ2) is 7.87. The van der Waals surface area contributed by atoms with Crippen molar-refractivity contribution in [3.8, 4) is 0 Å². The Labute approximate surface area is 160 Å².